The molecule has 2 aromatic rings. The highest BCUT2D eigenvalue weighted by Crippen LogP contribution is 2.21. The fraction of sp³-hybridized carbons (Fsp3) is 0.619. The van der Waals surface area contributed by atoms with Gasteiger partial charge >= 0.3 is 6.03 Å². The summed E-state index contributed by atoms with van der Waals surface area (Å²) >= 11 is 0. The number of fused-ring (bicyclic) bond motifs is 1. The molecular weight excluding hydrogens is 368 g/mol. The van der Waals surface area contributed by atoms with Gasteiger partial charge in [0.2, 0.25) is 0 Å². The highest BCUT2D eigenvalue weighted by atomic mass is 16.2. The van der Waals surface area contributed by atoms with Gasteiger partial charge in [-0.2, -0.15) is 5.10 Å². The van der Waals surface area contributed by atoms with E-state index in [1.807, 2.05) is 32.4 Å². The van der Waals surface area contributed by atoms with Gasteiger partial charge < -0.3 is 14.7 Å². The average Bonchev–Trinajstić information content (AvgIpc) is 3.16. The molecule has 2 aliphatic heterocycles. The molecule has 0 unspecified atom stereocenters. The first-order chi connectivity index (χ1) is 14.0. The number of piperidine rings is 1. The number of piperazine rings is 1. The van der Waals surface area contributed by atoms with E-state index in [4.69, 9.17) is 0 Å². The lowest BCUT2D eigenvalue weighted by molar-refractivity contribution is 0.0632. The smallest absolute Gasteiger partial charge is 0.320 e. The van der Waals surface area contributed by atoms with Gasteiger partial charge in [-0.15, -0.1) is 0 Å². The van der Waals surface area contributed by atoms with Crippen molar-refractivity contribution >= 4 is 23.0 Å². The zero-order chi connectivity index (χ0) is 20.5. The van der Waals surface area contributed by atoms with Crippen LogP contribution in [0.5, 0.6) is 0 Å². The van der Waals surface area contributed by atoms with Gasteiger partial charge in [0.1, 0.15) is 0 Å². The number of carbonyl (C=O) groups excluding carboxylic acids is 2. The summed E-state index contributed by atoms with van der Waals surface area (Å²) in [6.07, 6.45) is 5.16. The molecule has 0 atom stereocenters. The largest absolute Gasteiger partial charge is 0.335 e. The summed E-state index contributed by atoms with van der Waals surface area (Å²) in [5, 5.41) is 5.28. The van der Waals surface area contributed by atoms with E-state index in [0.717, 1.165) is 42.7 Å². The predicted molar refractivity (Wildman–Crippen MR) is 111 cm³/mol. The fourth-order valence-electron chi connectivity index (χ4n) is 4.22. The van der Waals surface area contributed by atoms with Crippen LogP contribution in [0.1, 0.15) is 55.2 Å². The standard InChI is InChI=1S/C21H30N6O2/c1-15(2)27-19-17(14-22-27)13-18(16(3)23-19)20(28)24-9-11-26(12-10-24)21(29)25-7-5-4-6-8-25/h13-15H,4-12H2,1-3H3. The van der Waals surface area contributed by atoms with Gasteiger partial charge in [-0.1, -0.05) is 0 Å². The molecule has 0 N–H and O–H groups in total. The number of amides is 3. The van der Waals surface area contributed by atoms with Gasteiger partial charge in [-0.25, -0.2) is 14.5 Å². The number of nitrogens with zero attached hydrogens (tertiary/aromatic N) is 6. The molecule has 0 saturated carbocycles. The Kier molecular flexibility index (Phi) is 5.43. The van der Waals surface area contributed by atoms with Gasteiger partial charge in [0.15, 0.2) is 5.65 Å². The minimum atomic E-state index is -0.0146. The molecule has 29 heavy (non-hydrogen) atoms. The summed E-state index contributed by atoms with van der Waals surface area (Å²) in [4.78, 5) is 36.1. The molecule has 0 radical (unpaired) electrons. The van der Waals surface area contributed by atoms with Crippen molar-refractivity contribution in [2.45, 2.75) is 46.1 Å². The quantitative estimate of drug-likeness (QED) is 0.780. The number of pyridine rings is 1. The number of hydrogen-bond donors (Lipinski definition) is 0. The Labute approximate surface area is 171 Å². The van der Waals surface area contributed by atoms with Gasteiger partial charge in [0.25, 0.3) is 5.91 Å². The van der Waals surface area contributed by atoms with Crippen molar-refractivity contribution in [1.82, 2.24) is 29.5 Å². The molecule has 2 aromatic heterocycles. The minimum absolute atomic E-state index is 0.0146. The van der Waals surface area contributed by atoms with Crippen LogP contribution in [-0.4, -0.2) is 80.7 Å². The van der Waals surface area contributed by atoms with Crippen LogP contribution in [0.4, 0.5) is 4.79 Å². The first-order valence-electron chi connectivity index (χ1n) is 10.6. The zero-order valence-electron chi connectivity index (χ0n) is 17.6. The minimum Gasteiger partial charge on any atom is -0.335 e. The molecule has 4 heterocycles. The van der Waals surface area contributed by atoms with Gasteiger partial charge in [-0.3, -0.25) is 4.79 Å². The van der Waals surface area contributed by atoms with Crippen molar-refractivity contribution in [1.29, 1.82) is 0 Å². The predicted octanol–water partition coefficient (Wildman–Crippen LogP) is 2.68. The third-order valence-corrected chi connectivity index (χ3v) is 5.94. The molecule has 2 fully saturated rings. The van der Waals surface area contributed by atoms with Crippen LogP contribution in [0.2, 0.25) is 0 Å². The SMILES string of the molecule is Cc1nc2c(cnn2C(C)C)cc1C(=O)N1CCN(C(=O)N2CCCCC2)CC1. The van der Waals surface area contributed by atoms with Crippen molar-refractivity contribution in [2.75, 3.05) is 39.3 Å². The second-order valence-electron chi connectivity index (χ2n) is 8.33. The van der Waals surface area contributed by atoms with Crippen LogP contribution >= 0.6 is 0 Å². The van der Waals surface area contributed by atoms with Crippen LogP contribution in [0.25, 0.3) is 11.0 Å². The molecule has 0 aliphatic carbocycles. The van der Waals surface area contributed by atoms with E-state index < -0.39 is 0 Å². The molecule has 0 spiro atoms. The molecule has 156 valence electrons. The average molecular weight is 399 g/mol. The highest BCUT2D eigenvalue weighted by molar-refractivity contribution is 5.98. The molecule has 0 bridgehead atoms. The topological polar surface area (TPSA) is 74.6 Å². The lowest BCUT2D eigenvalue weighted by Crippen LogP contribution is -2.54. The van der Waals surface area contributed by atoms with Gasteiger partial charge in [0, 0.05) is 50.7 Å². The van der Waals surface area contributed by atoms with Crippen LogP contribution in [0, 0.1) is 6.92 Å². The van der Waals surface area contributed by atoms with Crippen LogP contribution in [0.3, 0.4) is 0 Å². The monoisotopic (exact) mass is 398 g/mol. The van der Waals surface area contributed by atoms with E-state index in [-0.39, 0.29) is 18.0 Å². The molecule has 0 aromatic carbocycles. The normalized spacial score (nSPS) is 18.0. The number of aromatic nitrogens is 3. The van der Waals surface area contributed by atoms with Crippen LogP contribution < -0.4 is 0 Å². The molecule has 8 heteroatoms. The Balaban J connectivity index is 1.44. The number of hydrogen-bond acceptors (Lipinski definition) is 4. The van der Waals surface area contributed by atoms with E-state index in [9.17, 15) is 9.59 Å². The number of carbonyl (C=O) groups is 2. The Bertz CT molecular complexity index is 907. The van der Waals surface area contributed by atoms with Crippen molar-refractivity contribution in [3.63, 3.8) is 0 Å². The first-order valence-corrected chi connectivity index (χ1v) is 10.6. The second-order valence-corrected chi connectivity index (χ2v) is 8.33. The van der Waals surface area contributed by atoms with Crippen molar-refractivity contribution in [3.05, 3.63) is 23.5 Å². The summed E-state index contributed by atoms with van der Waals surface area (Å²) in [5.74, 6) is -0.0146. The Morgan fingerprint density at radius 2 is 1.55 bits per heavy atom. The summed E-state index contributed by atoms with van der Waals surface area (Å²) in [6.45, 7) is 9.99. The second kappa shape index (κ2) is 8.00. The Morgan fingerprint density at radius 3 is 2.21 bits per heavy atom. The van der Waals surface area contributed by atoms with Crippen molar-refractivity contribution in [3.8, 4) is 0 Å². The number of likely N-dealkylation sites (tertiary alicyclic amines) is 1. The molecule has 4 rings (SSSR count). The van der Waals surface area contributed by atoms with E-state index in [2.05, 4.69) is 23.9 Å². The number of aryl methyl sites for hydroxylation is 1. The maximum Gasteiger partial charge on any atom is 0.320 e. The molecule has 2 saturated heterocycles. The van der Waals surface area contributed by atoms with E-state index in [1.165, 1.54) is 6.42 Å². The summed E-state index contributed by atoms with van der Waals surface area (Å²) in [7, 11) is 0. The lowest BCUT2D eigenvalue weighted by Gasteiger charge is -2.38. The van der Waals surface area contributed by atoms with E-state index >= 15 is 0 Å². The summed E-state index contributed by atoms with van der Waals surface area (Å²) in [5.41, 5.74) is 2.15. The Hall–Kier alpha value is -2.64. The summed E-state index contributed by atoms with van der Waals surface area (Å²) in [6, 6.07) is 2.24. The molecule has 8 nitrogen and oxygen atoms in total. The van der Waals surface area contributed by atoms with Crippen LogP contribution in [0.15, 0.2) is 12.3 Å². The van der Waals surface area contributed by atoms with Crippen molar-refractivity contribution in [2.24, 2.45) is 0 Å². The Morgan fingerprint density at radius 1 is 0.931 bits per heavy atom. The zero-order valence-corrected chi connectivity index (χ0v) is 17.6. The fourth-order valence-corrected chi connectivity index (χ4v) is 4.22. The first kappa shape index (κ1) is 19.7. The maximum absolute atomic E-state index is 13.1. The van der Waals surface area contributed by atoms with E-state index in [1.54, 1.807) is 6.20 Å². The maximum atomic E-state index is 13.1. The molecule has 3 amide bonds. The third kappa shape index (κ3) is 3.80. The highest BCUT2D eigenvalue weighted by Gasteiger charge is 2.29. The van der Waals surface area contributed by atoms with Crippen molar-refractivity contribution < 1.29 is 9.59 Å². The van der Waals surface area contributed by atoms with E-state index in [0.29, 0.717) is 31.7 Å². The summed E-state index contributed by atoms with van der Waals surface area (Å²) < 4.78 is 1.88. The van der Waals surface area contributed by atoms with Gasteiger partial charge in [0.05, 0.1) is 17.5 Å². The van der Waals surface area contributed by atoms with Crippen LogP contribution in [-0.2, 0) is 0 Å². The number of urea groups is 1. The van der Waals surface area contributed by atoms with Gasteiger partial charge in [-0.05, 0) is 46.1 Å². The molecule has 2 aliphatic rings. The lowest BCUT2D eigenvalue weighted by atomic mass is 10.1. The third-order valence-electron chi connectivity index (χ3n) is 5.94. The number of rotatable bonds is 2. The molecular formula is C21H30N6O2.